The molecule has 3 aliphatic heterocycles. The Hall–Kier alpha value is -9.20. The first kappa shape index (κ1) is 71.2. The molecule has 3 aliphatic rings. The van der Waals surface area contributed by atoms with Crippen molar-refractivity contribution < 1.29 is 57.5 Å². The zero-order valence-electron chi connectivity index (χ0n) is 52.1. The zero-order valence-corrected chi connectivity index (χ0v) is 53.7. The highest BCUT2D eigenvalue weighted by atomic mass is 33.1. The molecular weight excluding hydrogens is 1240 g/mol. The van der Waals surface area contributed by atoms with Crippen molar-refractivity contribution in [3.05, 3.63) is 90.1 Å². The van der Waals surface area contributed by atoms with E-state index in [0.717, 1.165) is 21.6 Å². The van der Waals surface area contributed by atoms with Crippen LogP contribution in [-0.4, -0.2) is 189 Å². The van der Waals surface area contributed by atoms with E-state index in [2.05, 4.69) is 73.1 Å². The van der Waals surface area contributed by atoms with Gasteiger partial charge in [-0.2, -0.15) is 0 Å². The van der Waals surface area contributed by atoms with Crippen molar-refractivity contribution in [3.8, 4) is 0 Å². The lowest BCUT2D eigenvalue weighted by atomic mass is 10.0. The normalized spacial score (nSPS) is 24.2. The van der Waals surface area contributed by atoms with E-state index >= 15 is 14.4 Å². The summed E-state index contributed by atoms with van der Waals surface area (Å²) in [6.07, 6.45) is 3.97. The highest BCUT2D eigenvalue weighted by Gasteiger charge is 2.39. The van der Waals surface area contributed by atoms with Crippen molar-refractivity contribution in [2.75, 3.05) is 37.7 Å². The third kappa shape index (κ3) is 21.7. The molecule has 0 saturated carbocycles. The second-order valence-electron chi connectivity index (χ2n) is 23.5. The molecule has 12 amide bonds. The summed E-state index contributed by atoms with van der Waals surface area (Å²) >= 11 is 0. The van der Waals surface area contributed by atoms with Gasteiger partial charge in [-0.25, -0.2) is 4.98 Å². The summed E-state index contributed by atoms with van der Waals surface area (Å²) in [5.74, 6) is -10.8. The number of benzene rings is 2. The number of nitrogens with one attached hydrogen (secondary N) is 12. The van der Waals surface area contributed by atoms with Crippen LogP contribution in [-0.2, 0) is 76.8 Å². The summed E-state index contributed by atoms with van der Waals surface area (Å²) in [7, 11) is 2.02. The Morgan fingerprint density at radius 1 is 0.699 bits per heavy atom. The van der Waals surface area contributed by atoms with Gasteiger partial charge in [-0.15, -0.1) is 0 Å². The number of para-hydroxylation sites is 1. The summed E-state index contributed by atoms with van der Waals surface area (Å²) in [6.45, 7) is 4.74. The molecule has 0 aliphatic carbocycles. The number of likely N-dealkylation sites (tertiary alicyclic amines) is 1. The second-order valence-corrected chi connectivity index (χ2v) is 26.1. The number of H-pyrrole nitrogens is 2. The highest BCUT2D eigenvalue weighted by molar-refractivity contribution is 8.76. The number of aliphatic imine (C=N–C) groups is 1. The fourth-order valence-corrected chi connectivity index (χ4v) is 13.3. The van der Waals surface area contributed by atoms with Crippen molar-refractivity contribution in [1.82, 2.24) is 73.0 Å². The third-order valence-corrected chi connectivity index (χ3v) is 18.4. The maximum atomic E-state index is 15.3. The lowest BCUT2D eigenvalue weighted by Gasteiger charge is -2.28. The minimum absolute atomic E-state index is 0.00910. The van der Waals surface area contributed by atoms with Gasteiger partial charge in [-0.1, -0.05) is 84.0 Å². The van der Waals surface area contributed by atoms with Gasteiger partial charge in [0.2, 0.25) is 70.9 Å². The first-order chi connectivity index (χ1) is 44.5. The molecule has 30 nitrogen and oxygen atoms in total. The Morgan fingerprint density at radius 2 is 1.34 bits per heavy atom. The van der Waals surface area contributed by atoms with E-state index in [0.29, 0.717) is 27.7 Å². The zero-order chi connectivity index (χ0) is 67.1. The number of amides is 12. The molecule has 5 heterocycles. The van der Waals surface area contributed by atoms with E-state index in [9.17, 15) is 43.2 Å². The number of guanidine groups is 1. The number of carbonyl (C=O) groups excluding carboxylic acids is 12. The van der Waals surface area contributed by atoms with Crippen LogP contribution < -0.4 is 70.4 Å². The molecule has 2 aromatic carbocycles. The summed E-state index contributed by atoms with van der Waals surface area (Å²) < 4.78 is 0. The first-order valence-electron chi connectivity index (χ1n) is 30.9. The number of primary amides is 1. The number of aromatic nitrogens is 3. The fraction of sp³-hybridized carbons (Fsp3) is 0.508. The lowest BCUT2D eigenvalue weighted by Crippen LogP contribution is -2.61. The number of hydrogen-bond acceptors (Lipinski definition) is 16. The van der Waals surface area contributed by atoms with Gasteiger partial charge in [-0.3, -0.25) is 62.5 Å². The van der Waals surface area contributed by atoms with Crippen LogP contribution in [0, 0.1) is 11.8 Å². The minimum atomic E-state index is -1.52. The van der Waals surface area contributed by atoms with Crippen LogP contribution in [0.2, 0.25) is 0 Å². The molecule has 32 heteroatoms. The van der Waals surface area contributed by atoms with Gasteiger partial charge in [-0.05, 0) is 68.1 Å². The smallest absolute Gasteiger partial charge is 0.245 e. The van der Waals surface area contributed by atoms with E-state index in [1.54, 1.807) is 56.4 Å². The van der Waals surface area contributed by atoms with Gasteiger partial charge in [0.05, 0.1) is 12.2 Å². The topological polar surface area (TPSA) is 463 Å². The highest BCUT2D eigenvalue weighted by Crippen LogP contribution is 2.26. The van der Waals surface area contributed by atoms with Crippen LogP contribution in [0.3, 0.4) is 0 Å². The van der Waals surface area contributed by atoms with E-state index in [-0.39, 0.29) is 120 Å². The van der Waals surface area contributed by atoms with Crippen molar-refractivity contribution >= 4 is 109 Å². The summed E-state index contributed by atoms with van der Waals surface area (Å²) in [4.78, 5) is 187. The van der Waals surface area contributed by atoms with E-state index < -0.39 is 131 Å². The van der Waals surface area contributed by atoms with Crippen molar-refractivity contribution in [3.63, 3.8) is 0 Å². The number of nitrogens with two attached hydrogens (primary N) is 3. The summed E-state index contributed by atoms with van der Waals surface area (Å²) in [5.41, 5.74) is 19.2. The Morgan fingerprint density at radius 3 is 2.04 bits per heavy atom. The van der Waals surface area contributed by atoms with Crippen LogP contribution >= 0.6 is 21.6 Å². The quantitative estimate of drug-likeness (QED) is 0.0245. The van der Waals surface area contributed by atoms with Crippen LogP contribution in [0.1, 0.15) is 89.0 Å². The van der Waals surface area contributed by atoms with Crippen molar-refractivity contribution in [1.29, 1.82) is 0 Å². The molecule has 7 rings (SSSR count). The van der Waals surface area contributed by atoms with Crippen molar-refractivity contribution in [2.45, 2.75) is 146 Å². The molecule has 0 radical (unpaired) electrons. The lowest BCUT2D eigenvalue weighted by molar-refractivity contribution is -0.137. The number of carbonyl (C=O) groups is 12. The van der Waals surface area contributed by atoms with Gasteiger partial charge in [0.15, 0.2) is 5.96 Å². The molecule has 18 N–H and O–H groups in total. The number of aromatic amines is 2. The molecule has 2 aromatic heterocycles. The van der Waals surface area contributed by atoms with E-state index in [1.165, 1.54) is 24.3 Å². The number of fused-ring (bicyclic) bond motifs is 9. The molecule has 4 aromatic rings. The van der Waals surface area contributed by atoms with Crippen LogP contribution in [0.25, 0.3) is 10.9 Å². The standard InChI is InChI=1S/C61H84N18O12S2/c1-33(2)50(51(62)82)78-52(83)36-20-23-79(29-36)60(91)43-16-9-10-21-66-49(81)19-18-42-54(85)76-46(26-38-28-65-32-69-38)57(88)74-44(24-35-12-5-4-6-13-35)55(86)71-41(17-11-22-67-61(63)64)53(84)75-45(25-37-27-68-40-15-8-7-14-39(37)40)56(87)77-48(59(90)73-43)31-93-92-30-47(58(89)72-42)70-34(3)80/h4-8,12-15,27-28,32-33,36,41-48,50,68H,9-11,16-26,29-31H2,1-3H3,(H2,62,82)(H,65,69)(H,66,81)(H,70,80)(H,71,86)(H,72,89)(H,73,90)(H,74,88)(H,75,84)(H,76,85)(H,77,87)(H,78,83)(H4,63,64,67)/t36-,41-,42+,43-,44-,45+,46-,47+,48+,50-/m0/s1. The molecule has 0 unspecified atom stereocenters. The number of hydrogen-bond donors (Lipinski definition) is 15. The first-order valence-corrected chi connectivity index (χ1v) is 33.4. The predicted molar refractivity (Wildman–Crippen MR) is 347 cm³/mol. The van der Waals surface area contributed by atoms with Gasteiger partial charge in [0.1, 0.15) is 54.4 Å². The van der Waals surface area contributed by atoms with E-state index in [4.69, 9.17) is 17.2 Å². The van der Waals surface area contributed by atoms with Crippen LogP contribution in [0.15, 0.2) is 78.3 Å². The van der Waals surface area contributed by atoms with Gasteiger partial charge < -0.3 is 85.2 Å². The summed E-state index contributed by atoms with van der Waals surface area (Å²) in [5, 5.41) is 28.3. The van der Waals surface area contributed by atoms with Crippen molar-refractivity contribution in [2.24, 2.45) is 34.0 Å². The molecule has 3 fully saturated rings. The Bertz CT molecular complexity index is 3330. The monoisotopic (exact) mass is 1320 g/mol. The molecule has 3 saturated heterocycles. The largest absolute Gasteiger partial charge is 0.370 e. The second kappa shape index (κ2) is 35.0. The van der Waals surface area contributed by atoms with Gasteiger partial charge in [0, 0.05) is 99.3 Å². The average molecular weight is 1330 g/mol. The molecule has 10 atom stereocenters. The maximum Gasteiger partial charge on any atom is 0.245 e. The van der Waals surface area contributed by atoms with E-state index in [1.807, 2.05) is 18.2 Å². The Balaban J connectivity index is 1.32. The molecule has 93 heavy (non-hydrogen) atoms. The Labute approximate surface area is 545 Å². The average Bonchev–Trinajstić information content (AvgIpc) is 1.97. The number of nitrogens with zero attached hydrogens (tertiary/aromatic N) is 3. The fourth-order valence-electron chi connectivity index (χ4n) is 11.0. The molecular formula is C61H84N18O12S2. The van der Waals surface area contributed by atoms with Crippen LogP contribution in [0.4, 0.5) is 0 Å². The number of imidazole rings is 1. The minimum Gasteiger partial charge on any atom is -0.370 e. The van der Waals surface area contributed by atoms with Crippen LogP contribution in [0.5, 0.6) is 0 Å². The molecule has 502 valence electrons. The third-order valence-electron chi connectivity index (χ3n) is 16.0. The molecule has 0 spiro atoms. The van der Waals surface area contributed by atoms with Gasteiger partial charge >= 0.3 is 0 Å². The molecule has 2 bridgehead atoms. The Kier molecular flexibility index (Phi) is 26.8. The SMILES string of the molecule is CC(=O)N[C@@H]1CSSC[C@H]2NC(=O)[C@@H](Cc3c[nH]c4ccccc34)NC(=O)[C@H](CCCN=C(N)N)NC(=O)[C@H](Cc3ccccc3)NC(=O)[C@H](Cc3cnc[nH]3)NC(=O)[C@@H](CCC(=O)NCCCC[C@@H](C(=O)N3CC[C@H](C(=O)N[C@H](C(N)=O)C(C)C)C3)NC2=O)NC1=O. The number of rotatable bonds is 16. The summed E-state index contributed by atoms with van der Waals surface area (Å²) in [6, 6.07) is 3.34. The maximum absolute atomic E-state index is 15.3. The predicted octanol–water partition coefficient (Wildman–Crippen LogP) is -2.18. The van der Waals surface area contributed by atoms with Gasteiger partial charge in [0.25, 0.3) is 0 Å².